The standard InChI is InChI=1S/C35H29NS/c1-3-26-28(18-19-33-29(26)20-21-36(33)25-10-5-4-6-11-25)32-22-24(17-16-23(32)2)27-13-9-14-31-30-12-7-8-15-34(30)37-35(27)31/h4-22,30,34H,3H2,1-2H3/t30-,34-/m1/s1. The molecule has 0 amide bonds. The molecule has 1 aliphatic heterocycles. The van der Waals surface area contributed by atoms with Crippen molar-refractivity contribution in [3.8, 4) is 27.9 Å². The number of allylic oxidation sites excluding steroid dienone is 3. The van der Waals surface area contributed by atoms with E-state index in [-0.39, 0.29) is 0 Å². The Hall–Kier alpha value is -3.75. The van der Waals surface area contributed by atoms with Gasteiger partial charge in [0.1, 0.15) is 0 Å². The summed E-state index contributed by atoms with van der Waals surface area (Å²) in [5, 5.41) is 1.85. The van der Waals surface area contributed by atoms with Gasteiger partial charge in [0.2, 0.25) is 0 Å². The number of para-hydroxylation sites is 1. The monoisotopic (exact) mass is 495 g/mol. The molecule has 0 saturated heterocycles. The van der Waals surface area contributed by atoms with Crippen molar-refractivity contribution in [2.24, 2.45) is 0 Å². The van der Waals surface area contributed by atoms with Crippen LogP contribution in [0.5, 0.6) is 0 Å². The highest BCUT2D eigenvalue weighted by atomic mass is 32.2. The van der Waals surface area contributed by atoms with Gasteiger partial charge >= 0.3 is 0 Å². The van der Waals surface area contributed by atoms with Crippen LogP contribution in [0, 0.1) is 6.92 Å². The van der Waals surface area contributed by atoms with E-state index in [4.69, 9.17) is 0 Å². The maximum Gasteiger partial charge on any atom is 0.0531 e. The first-order chi connectivity index (χ1) is 18.2. The number of aryl methyl sites for hydroxylation is 2. The normalized spacial score (nSPS) is 17.8. The summed E-state index contributed by atoms with van der Waals surface area (Å²) in [6.07, 6.45) is 12.3. The van der Waals surface area contributed by atoms with E-state index < -0.39 is 0 Å². The highest BCUT2D eigenvalue weighted by Crippen LogP contribution is 2.52. The molecule has 0 spiro atoms. The molecule has 2 atom stereocenters. The minimum atomic E-state index is 0.484. The molecule has 1 nitrogen and oxygen atoms in total. The smallest absolute Gasteiger partial charge is 0.0531 e. The average Bonchev–Trinajstić information content (AvgIpc) is 3.55. The van der Waals surface area contributed by atoms with Gasteiger partial charge in [-0.1, -0.05) is 85.8 Å². The lowest BCUT2D eigenvalue weighted by Gasteiger charge is -2.16. The van der Waals surface area contributed by atoms with Gasteiger partial charge in [-0.05, 0) is 82.6 Å². The summed E-state index contributed by atoms with van der Waals surface area (Å²) in [5.74, 6) is 0.484. The fourth-order valence-corrected chi connectivity index (χ4v) is 7.58. The molecule has 0 saturated carbocycles. The summed E-state index contributed by atoms with van der Waals surface area (Å²) in [4.78, 5) is 1.44. The second kappa shape index (κ2) is 8.97. The van der Waals surface area contributed by atoms with E-state index in [0.29, 0.717) is 11.2 Å². The van der Waals surface area contributed by atoms with Crippen molar-refractivity contribution in [2.45, 2.75) is 36.3 Å². The van der Waals surface area contributed by atoms with Crippen LogP contribution >= 0.6 is 11.8 Å². The fourth-order valence-electron chi connectivity index (χ4n) is 6.10. The molecule has 0 unspecified atom stereocenters. The molecule has 2 heteroatoms. The van der Waals surface area contributed by atoms with Crippen LogP contribution in [0.4, 0.5) is 0 Å². The van der Waals surface area contributed by atoms with E-state index in [0.717, 1.165) is 6.42 Å². The number of aromatic nitrogens is 1. The summed E-state index contributed by atoms with van der Waals surface area (Å²) in [5.41, 5.74) is 12.0. The third-order valence-corrected chi connectivity index (χ3v) is 9.37. The van der Waals surface area contributed by atoms with Crippen molar-refractivity contribution in [1.29, 1.82) is 0 Å². The van der Waals surface area contributed by atoms with E-state index in [1.165, 1.54) is 60.4 Å². The van der Waals surface area contributed by atoms with Crippen molar-refractivity contribution < 1.29 is 0 Å². The molecule has 0 fully saturated rings. The summed E-state index contributed by atoms with van der Waals surface area (Å²) in [6, 6.07) is 31.4. The quantitative estimate of drug-likeness (QED) is 0.240. The molecule has 1 aromatic heterocycles. The molecule has 4 aromatic carbocycles. The lowest BCUT2D eigenvalue weighted by Crippen LogP contribution is -2.06. The number of nitrogens with zero attached hydrogens (tertiary/aromatic N) is 1. The Morgan fingerprint density at radius 3 is 2.51 bits per heavy atom. The van der Waals surface area contributed by atoms with Gasteiger partial charge in [-0.15, -0.1) is 11.8 Å². The molecule has 5 aromatic rings. The highest BCUT2D eigenvalue weighted by molar-refractivity contribution is 8.00. The lowest BCUT2D eigenvalue weighted by molar-refractivity contribution is 0.881. The van der Waals surface area contributed by atoms with Gasteiger partial charge in [-0.3, -0.25) is 0 Å². The Morgan fingerprint density at radius 1 is 0.784 bits per heavy atom. The number of rotatable bonds is 4. The third kappa shape index (κ3) is 3.62. The maximum absolute atomic E-state index is 2.42. The molecule has 0 bridgehead atoms. The minimum absolute atomic E-state index is 0.484. The summed E-state index contributed by atoms with van der Waals surface area (Å²) in [6.45, 7) is 4.52. The number of thioether (sulfide) groups is 1. The first kappa shape index (κ1) is 22.4. The highest BCUT2D eigenvalue weighted by Gasteiger charge is 2.32. The van der Waals surface area contributed by atoms with Gasteiger partial charge in [0.15, 0.2) is 0 Å². The van der Waals surface area contributed by atoms with Crippen LogP contribution in [-0.4, -0.2) is 9.82 Å². The van der Waals surface area contributed by atoms with Crippen LogP contribution in [0.15, 0.2) is 120 Å². The Balaban J connectivity index is 1.36. The van der Waals surface area contributed by atoms with Gasteiger partial charge in [0.25, 0.3) is 0 Å². The van der Waals surface area contributed by atoms with Crippen LogP contribution in [0.25, 0.3) is 38.8 Å². The van der Waals surface area contributed by atoms with Crippen LogP contribution in [-0.2, 0) is 6.42 Å². The predicted molar refractivity (Wildman–Crippen MR) is 159 cm³/mol. The van der Waals surface area contributed by atoms with E-state index in [1.807, 2.05) is 11.8 Å². The van der Waals surface area contributed by atoms with E-state index in [9.17, 15) is 0 Å². The zero-order valence-electron chi connectivity index (χ0n) is 21.2. The number of benzene rings is 4. The van der Waals surface area contributed by atoms with Crippen molar-refractivity contribution >= 4 is 22.7 Å². The van der Waals surface area contributed by atoms with Gasteiger partial charge in [-0.25, -0.2) is 0 Å². The second-order valence-electron chi connectivity index (χ2n) is 10.0. The van der Waals surface area contributed by atoms with Gasteiger partial charge in [0, 0.05) is 33.3 Å². The van der Waals surface area contributed by atoms with Crippen molar-refractivity contribution in [1.82, 2.24) is 4.57 Å². The van der Waals surface area contributed by atoms with Crippen LogP contribution in [0.2, 0.25) is 0 Å². The van der Waals surface area contributed by atoms with Gasteiger partial charge in [0.05, 0.1) is 5.52 Å². The molecule has 0 N–H and O–H groups in total. The topological polar surface area (TPSA) is 4.93 Å². The zero-order valence-corrected chi connectivity index (χ0v) is 22.0. The van der Waals surface area contributed by atoms with Crippen LogP contribution in [0.3, 0.4) is 0 Å². The van der Waals surface area contributed by atoms with E-state index in [2.05, 4.69) is 134 Å². The lowest BCUT2D eigenvalue weighted by atomic mass is 9.88. The number of hydrogen-bond acceptors (Lipinski definition) is 1. The molecule has 1 aliphatic carbocycles. The molecule has 0 radical (unpaired) electrons. The van der Waals surface area contributed by atoms with Gasteiger partial charge < -0.3 is 4.57 Å². The molecular weight excluding hydrogens is 466 g/mol. The fraction of sp³-hybridized carbons (Fsp3) is 0.143. The number of hydrogen-bond donors (Lipinski definition) is 0. The summed E-state index contributed by atoms with van der Waals surface area (Å²) >= 11 is 2.02. The largest absolute Gasteiger partial charge is 0.317 e. The van der Waals surface area contributed by atoms with E-state index >= 15 is 0 Å². The first-order valence-corrected chi connectivity index (χ1v) is 14.0. The number of fused-ring (bicyclic) bond motifs is 4. The predicted octanol–water partition coefficient (Wildman–Crippen LogP) is 9.52. The molecule has 180 valence electrons. The second-order valence-corrected chi connectivity index (χ2v) is 11.2. The third-order valence-electron chi connectivity index (χ3n) is 7.95. The molecule has 37 heavy (non-hydrogen) atoms. The maximum atomic E-state index is 2.42. The molecular formula is C35H29NS. The Bertz CT molecular complexity index is 1700. The van der Waals surface area contributed by atoms with Crippen molar-refractivity contribution in [2.75, 3.05) is 0 Å². The van der Waals surface area contributed by atoms with Crippen molar-refractivity contribution in [3.63, 3.8) is 0 Å². The summed E-state index contributed by atoms with van der Waals surface area (Å²) in [7, 11) is 0. The zero-order chi connectivity index (χ0) is 24.9. The Kier molecular flexibility index (Phi) is 5.44. The molecule has 7 rings (SSSR count). The molecule has 2 aliphatic rings. The first-order valence-electron chi connectivity index (χ1n) is 13.2. The van der Waals surface area contributed by atoms with Crippen LogP contribution in [0.1, 0.15) is 29.5 Å². The Labute approximate surface area is 223 Å². The SMILES string of the molecule is CCc1c(-c2cc(-c3cccc4c3S[C@@H]3C=CC=C[C@H]43)ccc2C)ccc2c1ccn2-c1ccccc1. The Morgan fingerprint density at radius 2 is 1.65 bits per heavy atom. The molecule has 2 heterocycles. The van der Waals surface area contributed by atoms with Crippen molar-refractivity contribution in [3.05, 3.63) is 132 Å². The average molecular weight is 496 g/mol. The summed E-state index contributed by atoms with van der Waals surface area (Å²) < 4.78 is 2.30. The van der Waals surface area contributed by atoms with E-state index in [1.54, 1.807) is 0 Å². The van der Waals surface area contributed by atoms with Crippen LogP contribution < -0.4 is 0 Å². The minimum Gasteiger partial charge on any atom is -0.317 e. The van der Waals surface area contributed by atoms with Gasteiger partial charge in [-0.2, -0.15) is 0 Å².